The Morgan fingerprint density at radius 3 is 2.58 bits per heavy atom. The fourth-order valence-electron chi connectivity index (χ4n) is 3.27. The maximum atomic E-state index is 14.8. The summed E-state index contributed by atoms with van der Waals surface area (Å²) in [7, 11) is 0. The van der Waals surface area contributed by atoms with Crippen LogP contribution in [0, 0.1) is 31.0 Å². The van der Waals surface area contributed by atoms with Crippen molar-refractivity contribution >= 4 is 16.9 Å². The normalized spacial score (nSPS) is 12.5. The molecular formula is C22H24FN5O3. The lowest BCUT2D eigenvalue weighted by molar-refractivity contribution is -0.155. The average Bonchev–Trinajstić information content (AvgIpc) is 3.01. The SMILES string of the molecule is CCOc1ccc(-n2nc3c(C(C#N)C(=O)OC(C)(C)C)nnc(C)c3c2C)c(F)c1. The third-order valence-electron chi connectivity index (χ3n) is 4.53. The van der Waals surface area contributed by atoms with Crippen LogP contribution in [0.2, 0.25) is 0 Å². The summed E-state index contributed by atoms with van der Waals surface area (Å²) in [5.74, 6) is -2.17. The Morgan fingerprint density at radius 1 is 1.29 bits per heavy atom. The monoisotopic (exact) mass is 425 g/mol. The van der Waals surface area contributed by atoms with Crippen LogP contribution < -0.4 is 4.74 Å². The molecule has 31 heavy (non-hydrogen) atoms. The minimum Gasteiger partial charge on any atom is -0.494 e. The van der Waals surface area contributed by atoms with E-state index < -0.39 is 23.3 Å². The molecule has 1 aromatic carbocycles. The molecule has 0 aliphatic rings. The number of fused-ring (bicyclic) bond motifs is 1. The van der Waals surface area contributed by atoms with E-state index in [0.717, 1.165) is 0 Å². The molecule has 0 spiro atoms. The van der Waals surface area contributed by atoms with Gasteiger partial charge in [0.15, 0.2) is 11.7 Å². The number of hydrogen-bond donors (Lipinski definition) is 0. The Balaban J connectivity index is 2.17. The molecule has 0 saturated carbocycles. The Bertz CT molecular complexity index is 1190. The Labute approximate surface area is 179 Å². The van der Waals surface area contributed by atoms with Gasteiger partial charge in [0, 0.05) is 11.5 Å². The second-order valence-electron chi connectivity index (χ2n) is 8.03. The van der Waals surface area contributed by atoms with E-state index in [0.29, 0.717) is 34.6 Å². The van der Waals surface area contributed by atoms with E-state index in [-0.39, 0.29) is 11.4 Å². The van der Waals surface area contributed by atoms with Gasteiger partial charge in [0.2, 0.25) is 0 Å². The summed E-state index contributed by atoms with van der Waals surface area (Å²) in [5.41, 5.74) is 0.960. The summed E-state index contributed by atoms with van der Waals surface area (Å²) < 4.78 is 26.9. The summed E-state index contributed by atoms with van der Waals surface area (Å²) in [4.78, 5) is 12.6. The molecule has 2 heterocycles. The summed E-state index contributed by atoms with van der Waals surface area (Å²) in [6.45, 7) is 10.9. The zero-order valence-corrected chi connectivity index (χ0v) is 18.4. The molecule has 1 unspecified atom stereocenters. The van der Waals surface area contributed by atoms with Crippen LogP contribution in [0.1, 0.15) is 50.7 Å². The van der Waals surface area contributed by atoms with Crippen LogP contribution in [-0.4, -0.2) is 38.2 Å². The van der Waals surface area contributed by atoms with Crippen molar-refractivity contribution in [3.8, 4) is 17.5 Å². The molecule has 162 valence electrons. The zero-order valence-electron chi connectivity index (χ0n) is 18.4. The first-order valence-electron chi connectivity index (χ1n) is 9.85. The molecule has 0 fully saturated rings. The number of esters is 1. The van der Waals surface area contributed by atoms with E-state index in [1.165, 1.54) is 10.7 Å². The predicted molar refractivity (Wildman–Crippen MR) is 111 cm³/mol. The van der Waals surface area contributed by atoms with Gasteiger partial charge in [0.25, 0.3) is 0 Å². The fourth-order valence-corrected chi connectivity index (χ4v) is 3.27. The molecule has 0 aliphatic heterocycles. The number of benzene rings is 1. The number of rotatable bonds is 5. The summed E-state index contributed by atoms with van der Waals surface area (Å²) >= 11 is 0. The van der Waals surface area contributed by atoms with E-state index in [4.69, 9.17) is 9.47 Å². The van der Waals surface area contributed by atoms with Gasteiger partial charge in [-0.1, -0.05) is 0 Å². The van der Waals surface area contributed by atoms with E-state index >= 15 is 0 Å². The number of aryl methyl sites for hydroxylation is 2. The molecule has 9 heteroatoms. The molecule has 2 aromatic heterocycles. The molecule has 0 amide bonds. The molecule has 0 aliphatic carbocycles. The molecule has 1 atom stereocenters. The number of nitrogens with zero attached hydrogens (tertiary/aromatic N) is 5. The highest BCUT2D eigenvalue weighted by Crippen LogP contribution is 2.31. The van der Waals surface area contributed by atoms with Crippen molar-refractivity contribution < 1.29 is 18.7 Å². The third kappa shape index (κ3) is 4.33. The van der Waals surface area contributed by atoms with Gasteiger partial charge in [-0.15, -0.1) is 0 Å². The molecule has 0 bridgehead atoms. The maximum Gasteiger partial charge on any atom is 0.330 e. The number of ether oxygens (including phenoxy) is 2. The predicted octanol–water partition coefficient (Wildman–Crippen LogP) is 3.92. The topological polar surface area (TPSA) is 103 Å². The lowest BCUT2D eigenvalue weighted by Gasteiger charge is -2.21. The Kier molecular flexibility index (Phi) is 5.93. The largest absolute Gasteiger partial charge is 0.494 e. The quantitative estimate of drug-likeness (QED) is 0.571. The number of carbonyl (C=O) groups is 1. The van der Waals surface area contributed by atoms with Gasteiger partial charge in [0.05, 0.1) is 24.1 Å². The van der Waals surface area contributed by atoms with Gasteiger partial charge >= 0.3 is 5.97 Å². The van der Waals surface area contributed by atoms with Gasteiger partial charge in [-0.2, -0.15) is 20.6 Å². The van der Waals surface area contributed by atoms with E-state index in [9.17, 15) is 14.4 Å². The van der Waals surface area contributed by atoms with E-state index in [1.807, 2.05) is 13.0 Å². The first-order valence-corrected chi connectivity index (χ1v) is 9.85. The number of nitriles is 1. The van der Waals surface area contributed by atoms with Crippen LogP contribution in [0.15, 0.2) is 18.2 Å². The highest BCUT2D eigenvalue weighted by atomic mass is 19.1. The van der Waals surface area contributed by atoms with Crippen molar-refractivity contribution in [3.63, 3.8) is 0 Å². The summed E-state index contributed by atoms with van der Waals surface area (Å²) in [5, 5.41) is 23.0. The minimum atomic E-state index is -1.32. The van der Waals surface area contributed by atoms with Crippen LogP contribution >= 0.6 is 0 Å². The van der Waals surface area contributed by atoms with Crippen molar-refractivity contribution in [1.82, 2.24) is 20.0 Å². The van der Waals surface area contributed by atoms with Gasteiger partial charge in [-0.3, -0.25) is 4.79 Å². The van der Waals surface area contributed by atoms with Gasteiger partial charge in [-0.05, 0) is 53.7 Å². The van der Waals surface area contributed by atoms with Crippen molar-refractivity contribution in [2.45, 2.75) is 53.1 Å². The van der Waals surface area contributed by atoms with Crippen molar-refractivity contribution in [2.24, 2.45) is 0 Å². The molecular weight excluding hydrogens is 401 g/mol. The van der Waals surface area contributed by atoms with Crippen molar-refractivity contribution in [3.05, 3.63) is 41.1 Å². The Morgan fingerprint density at radius 2 is 2.00 bits per heavy atom. The molecule has 3 aromatic rings. The Hall–Kier alpha value is -3.54. The third-order valence-corrected chi connectivity index (χ3v) is 4.53. The van der Waals surface area contributed by atoms with Crippen LogP contribution in [0.5, 0.6) is 5.75 Å². The summed E-state index contributed by atoms with van der Waals surface area (Å²) in [6.07, 6.45) is 0. The second-order valence-corrected chi connectivity index (χ2v) is 8.03. The van der Waals surface area contributed by atoms with Crippen LogP contribution in [0.4, 0.5) is 4.39 Å². The smallest absolute Gasteiger partial charge is 0.330 e. The van der Waals surface area contributed by atoms with Gasteiger partial charge in [0.1, 0.15) is 28.2 Å². The first kappa shape index (κ1) is 22.2. The second kappa shape index (κ2) is 8.30. The maximum absolute atomic E-state index is 14.8. The number of carbonyl (C=O) groups excluding carboxylic acids is 1. The lowest BCUT2D eigenvalue weighted by Crippen LogP contribution is -2.28. The average molecular weight is 425 g/mol. The van der Waals surface area contributed by atoms with Crippen molar-refractivity contribution in [1.29, 1.82) is 5.26 Å². The molecule has 0 radical (unpaired) electrons. The van der Waals surface area contributed by atoms with Crippen LogP contribution in [-0.2, 0) is 9.53 Å². The standard InChI is InChI=1S/C22H24FN5O3/c1-7-30-14-8-9-17(16(23)10-14)28-13(3)18-12(2)25-26-19(20(18)27-28)15(11-24)21(29)31-22(4,5)6/h8-10,15H,7H2,1-6H3. The van der Waals surface area contributed by atoms with Gasteiger partial charge < -0.3 is 9.47 Å². The van der Waals surface area contributed by atoms with E-state index in [1.54, 1.807) is 46.8 Å². The van der Waals surface area contributed by atoms with Gasteiger partial charge in [-0.25, -0.2) is 9.07 Å². The fraction of sp³-hybridized carbons (Fsp3) is 0.409. The number of aromatic nitrogens is 4. The van der Waals surface area contributed by atoms with Crippen molar-refractivity contribution in [2.75, 3.05) is 6.61 Å². The van der Waals surface area contributed by atoms with Crippen LogP contribution in [0.3, 0.4) is 0 Å². The molecule has 3 rings (SSSR count). The van der Waals surface area contributed by atoms with E-state index in [2.05, 4.69) is 15.3 Å². The van der Waals surface area contributed by atoms with Crippen LogP contribution in [0.25, 0.3) is 16.6 Å². The minimum absolute atomic E-state index is 0.0746. The highest BCUT2D eigenvalue weighted by molar-refractivity contribution is 5.91. The number of halogens is 1. The first-order chi connectivity index (χ1) is 14.6. The lowest BCUT2D eigenvalue weighted by atomic mass is 10.0. The highest BCUT2D eigenvalue weighted by Gasteiger charge is 2.32. The zero-order chi connectivity index (χ0) is 22.9. The molecule has 8 nitrogen and oxygen atoms in total. The summed E-state index contributed by atoms with van der Waals surface area (Å²) in [6, 6.07) is 6.43. The molecule has 0 N–H and O–H groups in total. The number of hydrogen-bond acceptors (Lipinski definition) is 7. The molecule has 0 saturated heterocycles.